The van der Waals surface area contributed by atoms with Crippen molar-refractivity contribution in [3.8, 4) is 0 Å². The lowest BCUT2D eigenvalue weighted by Crippen LogP contribution is -2.16. The maximum Gasteiger partial charge on any atom is 0.229 e. The Balaban J connectivity index is 1.62. The maximum absolute atomic E-state index is 12.2. The first kappa shape index (κ1) is 11.7. The second-order valence-corrected chi connectivity index (χ2v) is 5.44. The smallest absolute Gasteiger partial charge is 0.229 e. The molecule has 5 nitrogen and oxygen atoms in total. The molecule has 0 spiro atoms. The van der Waals surface area contributed by atoms with E-state index in [2.05, 4.69) is 22.6 Å². The third kappa shape index (κ3) is 2.02. The summed E-state index contributed by atoms with van der Waals surface area (Å²) in [6.07, 6.45) is 6.72. The minimum absolute atomic E-state index is 0.111. The SMILES string of the molecule is CCCc1nonc1NC(=O)C1C2CCCCC21. The molecule has 1 aromatic rings. The number of carbonyl (C=O) groups excluding carboxylic acids is 1. The number of carbonyl (C=O) groups is 1. The molecule has 5 heteroatoms. The fourth-order valence-corrected chi connectivity index (χ4v) is 3.28. The Morgan fingerprint density at radius 2 is 2.06 bits per heavy atom. The van der Waals surface area contributed by atoms with Gasteiger partial charge in [-0.25, -0.2) is 4.63 Å². The van der Waals surface area contributed by atoms with Gasteiger partial charge in [0, 0.05) is 5.92 Å². The summed E-state index contributed by atoms with van der Waals surface area (Å²) in [5.41, 5.74) is 0.759. The molecule has 18 heavy (non-hydrogen) atoms. The van der Waals surface area contributed by atoms with Gasteiger partial charge in [0.15, 0.2) is 0 Å². The topological polar surface area (TPSA) is 68.0 Å². The fraction of sp³-hybridized carbons (Fsp3) is 0.769. The molecule has 2 fully saturated rings. The van der Waals surface area contributed by atoms with Gasteiger partial charge in [0.1, 0.15) is 5.69 Å². The molecule has 2 saturated carbocycles. The zero-order chi connectivity index (χ0) is 12.5. The highest BCUT2D eigenvalue weighted by Gasteiger charge is 2.54. The van der Waals surface area contributed by atoms with Crippen LogP contribution < -0.4 is 5.32 Å². The average molecular weight is 249 g/mol. The lowest BCUT2D eigenvalue weighted by atomic mass is 10.0. The van der Waals surface area contributed by atoms with Crippen LogP contribution in [-0.2, 0) is 11.2 Å². The molecule has 1 heterocycles. The van der Waals surface area contributed by atoms with Crippen LogP contribution in [0.3, 0.4) is 0 Å². The number of aromatic nitrogens is 2. The van der Waals surface area contributed by atoms with Crippen LogP contribution in [0.25, 0.3) is 0 Å². The van der Waals surface area contributed by atoms with Crippen molar-refractivity contribution >= 4 is 11.7 Å². The van der Waals surface area contributed by atoms with Gasteiger partial charge in [-0.15, -0.1) is 0 Å². The molecule has 2 aliphatic rings. The predicted octanol–water partition coefficient (Wildman–Crippen LogP) is 2.40. The Labute approximate surface area is 106 Å². The van der Waals surface area contributed by atoms with E-state index in [1.165, 1.54) is 25.7 Å². The van der Waals surface area contributed by atoms with Gasteiger partial charge in [0.2, 0.25) is 11.7 Å². The third-order valence-corrected chi connectivity index (χ3v) is 4.24. The molecule has 1 N–H and O–H groups in total. The second-order valence-electron chi connectivity index (χ2n) is 5.44. The highest BCUT2D eigenvalue weighted by molar-refractivity contribution is 5.94. The molecular weight excluding hydrogens is 230 g/mol. The van der Waals surface area contributed by atoms with Crippen molar-refractivity contribution in [3.63, 3.8) is 0 Å². The van der Waals surface area contributed by atoms with E-state index >= 15 is 0 Å². The van der Waals surface area contributed by atoms with Crippen molar-refractivity contribution in [1.82, 2.24) is 10.3 Å². The molecule has 98 valence electrons. The zero-order valence-corrected chi connectivity index (χ0v) is 10.7. The third-order valence-electron chi connectivity index (χ3n) is 4.24. The second kappa shape index (κ2) is 4.71. The first-order valence-corrected chi connectivity index (χ1v) is 6.93. The Kier molecular flexibility index (Phi) is 3.06. The van der Waals surface area contributed by atoms with E-state index in [9.17, 15) is 4.79 Å². The maximum atomic E-state index is 12.2. The average Bonchev–Trinajstić information content (AvgIpc) is 2.97. The summed E-state index contributed by atoms with van der Waals surface area (Å²) in [7, 11) is 0. The molecule has 0 saturated heterocycles. The van der Waals surface area contributed by atoms with Gasteiger partial charge in [0.25, 0.3) is 0 Å². The van der Waals surface area contributed by atoms with Crippen molar-refractivity contribution in [2.75, 3.05) is 5.32 Å². The van der Waals surface area contributed by atoms with Gasteiger partial charge in [-0.3, -0.25) is 4.79 Å². The number of hydrogen-bond acceptors (Lipinski definition) is 4. The molecule has 0 radical (unpaired) electrons. The summed E-state index contributed by atoms with van der Waals surface area (Å²) in [5.74, 6) is 2.07. The lowest BCUT2D eigenvalue weighted by Gasteiger charge is -2.04. The minimum Gasteiger partial charge on any atom is -0.306 e. The normalized spacial score (nSPS) is 29.7. The van der Waals surface area contributed by atoms with Crippen molar-refractivity contribution < 1.29 is 9.42 Å². The summed E-state index contributed by atoms with van der Waals surface area (Å²) in [5, 5.41) is 10.5. The largest absolute Gasteiger partial charge is 0.306 e. The Bertz CT molecular complexity index is 431. The number of amides is 1. The molecule has 2 atom stereocenters. The Morgan fingerprint density at radius 3 is 2.72 bits per heavy atom. The van der Waals surface area contributed by atoms with Crippen molar-refractivity contribution in [2.45, 2.75) is 45.4 Å². The van der Waals surface area contributed by atoms with Crippen LogP contribution in [0.1, 0.15) is 44.7 Å². The Hall–Kier alpha value is -1.39. The summed E-state index contributed by atoms with van der Waals surface area (Å²) in [6.45, 7) is 2.07. The van der Waals surface area contributed by atoms with Gasteiger partial charge in [-0.1, -0.05) is 31.3 Å². The van der Waals surface area contributed by atoms with Crippen LogP contribution in [0.4, 0.5) is 5.82 Å². The number of rotatable bonds is 4. The van der Waals surface area contributed by atoms with E-state index in [-0.39, 0.29) is 11.8 Å². The van der Waals surface area contributed by atoms with Gasteiger partial charge >= 0.3 is 0 Å². The van der Waals surface area contributed by atoms with E-state index in [0.717, 1.165) is 18.5 Å². The Morgan fingerprint density at radius 1 is 1.33 bits per heavy atom. The van der Waals surface area contributed by atoms with Crippen LogP contribution in [0.2, 0.25) is 0 Å². The fourth-order valence-electron chi connectivity index (χ4n) is 3.28. The van der Waals surface area contributed by atoms with Crippen molar-refractivity contribution in [2.24, 2.45) is 17.8 Å². The van der Waals surface area contributed by atoms with E-state index in [4.69, 9.17) is 4.63 Å². The molecular formula is C13H19N3O2. The number of nitrogens with one attached hydrogen (secondary N) is 1. The molecule has 0 aromatic carbocycles. The number of fused-ring (bicyclic) bond motifs is 1. The van der Waals surface area contributed by atoms with Gasteiger partial charge in [0.05, 0.1) is 0 Å². The zero-order valence-electron chi connectivity index (χ0n) is 10.7. The van der Waals surface area contributed by atoms with E-state index in [1.54, 1.807) is 0 Å². The van der Waals surface area contributed by atoms with Crippen LogP contribution in [0.5, 0.6) is 0 Å². The first-order chi connectivity index (χ1) is 8.81. The van der Waals surface area contributed by atoms with Crippen molar-refractivity contribution in [3.05, 3.63) is 5.69 Å². The highest BCUT2D eigenvalue weighted by Crippen LogP contribution is 2.55. The molecule has 1 aromatic heterocycles. The van der Waals surface area contributed by atoms with Crippen LogP contribution >= 0.6 is 0 Å². The van der Waals surface area contributed by atoms with Crippen LogP contribution in [0, 0.1) is 17.8 Å². The number of aryl methyl sites for hydroxylation is 1. The molecule has 0 bridgehead atoms. The summed E-state index contributed by atoms with van der Waals surface area (Å²) in [4.78, 5) is 12.2. The number of nitrogens with zero attached hydrogens (tertiary/aromatic N) is 2. The predicted molar refractivity (Wildman–Crippen MR) is 65.9 cm³/mol. The minimum atomic E-state index is 0.111. The molecule has 0 aliphatic heterocycles. The highest BCUT2D eigenvalue weighted by atomic mass is 16.6. The van der Waals surface area contributed by atoms with Crippen LogP contribution in [0.15, 0.2) is 4.63 Å². The van der Waals surface area contributed by atoms with E-state index in [0.29, 0.717) is 17.7 Å². The standard InChI is InChI=1S/C13H19N3O2/c1-2-5-10-12(16-18-15-10)14-13(17)11-8-6-3-4-7-9(8)11/h8-9,11H,2-7H2,1H3,(H,14,16,17). The summed E-state index contributed by atoms with van der Waals surface area (Å²) >= 11 is 0. The number of hydrogen-bond donors (Lipinski definition) is 1. The van der Waals surface area contributed by atoms with Gasteiger partial charge in [-0.05, 0) is 36.3 Å². The molecule has 1 amide bonds. The molecule has 2 unspecified atom stereocenters. The molecule has 2 aliphatic carbocycles. The summed E-state index contributed by atoms with van der Waals surface area (Å²) < 4.78 is 4.70. The van der Waals surface area contributed by atoms with Crippen LogP contribution in [-0.4, -0.2) is 16.2 Å². The van der Waals surface area contributed by atoms with E-state index < -0.39 is 0 Å². The monoisotopic (exact) mass is 249 g/mol. The van der Waals surface area contributed by atoms with E-state index in [1.807, 2.05) is 0 Å². The van der Waals surface area contributed by atoms with Gasteiger partial charge < -0.3 is 5.32 Å². The lowest BCUT2D eigenvalue weighted by molar-refractivity contribution is -0.117. The molecule has 3 rings (SSSR count). The summed E-state index contributed by atoms with van der Waals surface area (Å²) in [6, 6.07) is 0. The number of anilines is 1. The van der Waals surface area contributed by atoms with Gasteiger partial charge in [-0.2, -0.15) is 0 Å². The van der Waals surface area contributed by atoms with Crippen molar-refractivity contribution in [1.29, 1.82) is 0 Å². The first-order valence-electron chi connectivity index (χ1n) is 6.93. The quantitative estimate of drug-likeness (QED) is 0.889.